The van der Waals surface area contributed by atoms with Crippen LogP contribution < -0.4 is 10.1 Å². The van der Waals surface area contributed by atoms with Crippen LogP contribution in [0.4, 0.5) is 5.69 Å². The Morgan fingerprint density at radius 3 is 2.42 bits per heavy atom. The molecule has 2 rings (SSSR count). The van der Waals surface area contributed by atoms with Gasteiger partial charge in [0.1, 0.15) is 5.75 Å². The van der Waals surface area contributed by atoms with Crippen molar-refractivity contribution in [2.75, 3.05) is 12.4 Å². The zero-order chi connectivity index (χ0) is 17.9. The number of carbonyl (C=O) groups is 2. The lowest BCUT2D eigenvalue weighted by atomic mass is 10.1. The van der Waals surface area contributed by atoms with Gasteiger partial charge >= 0.3 is 5.97 Å². The highest BCUT2D eigenvalue weighted by molar-refractivity contribution is 7.12. The highest BCUT2D eigenvalue weighted by atomic mass is 32.1. The predicted octanol–water partition coefficient (Wildman–Crippen LogP) is 4.19. The number of hydrogen-bond acceptors (Lipinski definition) is 5. The average Bonchev–Trinajstić information content (AvgIpc) is 2.86. The van der Waals surface area contributed by atoms with Gasteiger partial charge in [0.25, 0.3) is 5.91 Å². The number of rotatable bonds is 5. The van der Waals surface area contributed by atoms with E-state index in [-0.39, 0.29) is 12.0 Å². The maximum atomic E-state index is 12.6. The van der Waals surface area contributed by atoms with Gasteiger partial charge < -0.3 is 14.8 Å². The summed E-state index contributed by atoms with van der Waals surface area (Å²) in [6, 6.07) is 6.69. The van der Waals surface area contributed by atoms with Crippen LogP contribution in [-0.4, -0.2) is 25.1 Å². The fourth-order valence-electron chi connectivity index (χ4n) is 2.28. The summed E-state index contributed by atoms with van der Waals surface area (Å²) in [5.74, 6) is -0.188. The Kier molecular flexibility index (Phi) is 5.62. The number of esters is 1. The first-order valence-corrected chi connectivity index (χ1v) is 8.41. The van der Waals surface area contributed by atoms with E-state index in [1.165, 1.54) is 7.11 Å². The molecule has 1 heterocycles. The number of ether oxygens (including phenoxy) is 2. The van der Waals surface area contributed by atoms with Gasteiger partial charge in [-0.2, -0.15) is 0 Å². The standard InChI is InChI=1S/C18H21NO4S/c1-10(2)23-16-7-6-13(18(21)22-5)9-15(16)19-17(20)14-8-11(3)24-12(14)4/h6-10H,1-5H3,(H,19,20). The van der Waals surface area contributed by atoms with Crippen LogP contribution in [0.25, 0.3) is 0 Å². The normalized spacial score (nSPS) is 10.6. The van der Waals surface area contributed by atoms with Gasteiger partial charge in [-0.3, -0.25) is 4.79 Å². The topological polar surface area (TPSA) is 64.6 Å². The van der Waals surface area contributed by atoms with Crippen LogP contribution in [0.1, 0.15) is 44.3 Å². The maximum absolute atomic E-state index is 12.6. The molecule has 1 amide bonds. The monoisotopic (exact) mass is 347 g/mol. The minimum absolute atomic E-state index is 0.0604. The molecule has 1 N–H and O–H groups in total. The number of amides is 1. The predicted molar refractivity (Wildman–Crippen MR) is 95.3 cm³/mol. The second-order valence-electron chi connectivity index (χ2n) is 5.65. The fourth-order valence-corrected chi connectivity index (χ4v) is 3.20. The van der Waals surface area contributed by atoms with Gasteiger partial charge in [0.15, 0.2) is 0 Å². The maximum Gasteiger partial charge on any atom is 0.337 e. The molecule has 0 radical (unpaired) electrons. The summed E-state index contributed by atoms with van der Waals surface area (Å²) < 4.78 is 10.5. The van der Waals surface area contributed by atoms with E-state index in [4.69, 9.17) is 9.47 Å². The second-order valence-corrected chi connectivity index (χ2v) is 7.11. The van der Waals surface area contributed by atoms with Crippen LogP contribution in [0.5, 0.6) is 5.75 Å². The average molecular weight is 347 g/mol. The largest absolute Gasteiger partial charge is 0.489 e. The van der Waals surface area contributed by atoms with Crippen molar-refractivity contribution >= 4 is 28.9 Å². The van der Waals surface area contributed by atoms with Gasteiger partial charge in [0.2, 0.25) is 0 Å². The quantitative estimate of drug-likeness (QED) is 0.824. The van der Waals surface area contributed by atoms with Crippen molar-refractivity contribution in [3.8, 4) is 5.75 Å². The third-order valence-corrected chi connectivity index (χ3v) is 4.26. The van der Waals surface area contributed by atoms with E-state index >= 15 is 0 Å². The third-order valence-electron chi connectivity index (χ3n) is 3.30. The summed E-state index contributed by atoms with van der Waals surface area (Å²) in [6.45, 7) is 7.65. The van der Waals surface area contributed by atoms with E-state index in [1.807, 2.05) is 33.8 Å². The number of thiophene rings is 1. The van der Waals surface area contributed by atoms with Crippen LogP contribution in [0.15, 0.2) is 24.3 Å². The van der Waals surface area contributed by atoms with Gasteiger partial charge in [0.05, 0.1) is 30.0 Å². The Labute approximate surface area is 145 Å². The van der Waals surface area contributed by atoms with Crippen LogP contribution in [0.2, 0.25) is 0 Å². The lowest BCUT2D eigenvalue weighted by Gasteiger charge is -2.16. The van der Waals surface area contributed by atoms with Gasteiger partial charge in [-0.25, -0.2) is 4.79 Å². The molecule has 0 aliphatic heterocycles. The minimum Gasteiger partial charge on any atom is -0.489 e. The van der Waals surface area contributed by atoms with Gasteiger partial charge in [-0.15, -0.1) is 11.3 Å². The van der Waals surface area contributed by atoms with Gasteiger partial charge in [-0.05, 0) is 52.0 Å². The molecule has 0 saturated carbocycles. The van der Waals surface area contributed by atoms with Gasteiger partial charge in [0, 0.05) is 9.75 Å². The SMILES string of the molecule is COC(=O)c1ccc(OC(C)C)c(NC(=O)c2cc(C)sc2C)c1. The van der Waals surface area contributed by atoms with E-state index in [0.29, 0.717) is 22.6 Å². The highest BCUT2D eigenvalue weighted by Gasteiger charge is 2.17. The molecule has 2 aromatic rings. The Bertz CT molecular complexity index is 764. The number of nitrogens with one attached hydrogen (secondary N) is 1. The number of hydrogen-bond donors (Lipinski definition) is 1. The van der Waals surface area contributed by atoms with E-state index in [9.17, 15) is 9.59 Å². The van der Waals surface area contributed by atoms with E-state index in [1.54, 1.807) is 29.5 Å². The molecule has 0 bridgehead atoms. The van der Waals surface area contributed by atoms with E-state index in [0.717, 1.165) is 9.75 Å². The molecule has 24 heavy (non-hydrogen) atoms. The van der Waals surface area contributed by atoms with Gasteiger partial charge in [-0.1, -0.05) is 0 Å². The molecule has 1 aromatic heterocycles. The zero-order valence-electron chi connectivity index (χ0n) is 14.4. The molecular weight excluding hydrogens is 326 g/mol. The summed E-state index contributed by atoms with van der Waals surface area (Å²) in [4.78, 5) is 26.3. The summed E-state index contributed by atoms with van der Waals surface area (Å²) in [5.41, 5.74) is 1.42. The Balaban J connectivity index is 2.36. The van der Waals surface area contributed by atoms with Crippen molar-refractivity contribution in [1.29, 1.82) is 0 Å². The number of aryl methyl sites for hydroxylation is 2. The first-order chi connectivity index (χ1) is 11.3. The Hall–Kier alpha value is -2.34. The van der Waals surface area contributed by atoms with Crippen LogP contribution in [0, 0.1) is 13.8 Å². The molecule has 5 nitrogen and oxygen atoms in total. The first kappa shape index (κ1) is 18.0. The second kappa shape index (κ2) is 7.49. The van der Waals surface area contributed by atoms with Crippen molar-refractivity contribution < 1.29 is 19.1 Å². The summed E-state index contributed by atoms with van der Waals surface area (Å²) in [7, 11) is 1.32. The molecule has 0 saturated heterocycles. The molecule has 0 aliphatic rings. The van der Waals surface area contributed by atoms with Crippen LogP contribution >= 0.6 is 11.3 Å². The minimum atomic E-state index is -0.468. The lowest BCUT2D eigenvalue weighted by molar-refractivity contribution is 0.0600. The lowest BCUT2D eigenvalue weighted by Crippen LogP contribution is -2.15. The molecule has 0 aliphatic carbocycles. The highest BCUT2D eigenvalue weighted by Crippen LogP contribution is 2.29. The van der Waals surface area contributed by atoms with Crippen molar-refractivity contribution in [2.45, 2.75) is 33.8 Å². The molecule has 0 fully saturated rings. The number of benzene rings is 1. The van der Waals surface area contributed by atoms with Crippen molar-refractivity contribution in [2.24, 2.45) is 0 Å². The molecule has 6 heteroatoms. The molecule has 128 valence electrons. The summed E-state index contributed by atoms with van der Waals surface area (Å²) in [6.07, 6.45) is -0.0604. The summed E-state index contributed by atoms with van der Waals surface area (Å²) in [5, 5.41) is 2.84. The van der Waals surface area contributed by atoms with Crippen molar-refractivity contribution in [3.63, 3.8) is 0 Å². The molecule has 0 atom stereocenters. The fraction of sp³-hybridized carbons (Fsp3) is 0.333. The smallest absolute Gasteiger partial charge is 0.337 e. The summed E-state index contributed by atoms with van der Waals surface area (Å²) >= 11 is 1.57. The van der Waals surface area contributed by atoms with E-state index in [2.05, 4.69) is 5.32 Å². The van der Waals surface area contributed by atoms with Crippen LogP contribution in [0.3, 0.4) is 0 Å². The molecule has 0 unspecified atom stereocenters. The molecule has 0 spiro atoms. The van der Waals surface area contributed by atoms with E-state index < -0.39 is 5.97 Å². The Morgan fingerprint density at radius 2 is 1.88 bits per heavy atom. The van der Waals surface area contributed by atoms with Crippen LogP contribution in [-0.2, 0) is 4.74 Å². The Morgan fingerprint density at radius 1 is 1.17 bits per heavy atom. The number of anilines is 1. The molecule has 1 aromatic carbocycles. The third kappa shape index (κ3) is 4.14. The van der Waals surface area contributed by atoms with Crippen molar-refractivity contribution in [1.82, 2.24) is 0 Å². The number of carbonyl (C=O) groups excluding carboxylic acids is 2. The van der Waals surface area contributed by atoms with Crippen molar-refractivity contribution in [3.05, 3.63) is 45.1 Å². The first-order valence-electron chi connectivity index (χ1n) is 7.59. The molecular formula is C18H21NO4S. The zero-order valence-corrected chi connectivity index (χ0v) is 15.2. The number of methoxy groups -OCH3 is 1.